The van der Waals surface area contributed by atoms with E-state index in [4.69, 9.17) is 26.4 Å². The third-order valence-electron chi connectivity index (χ3n) is 4.94. The van der Waals surface area contributed by atoms with Crippen LogP contribution in [0.4, 0.5) is 0 Å². The molecule has 1 fully saturated rings. The quantitative estimate of drug-likeness (QED) is 0.244. The van der Waals surface area contributed by atoms with E-state index >= 15 is 0 Å². The van der Waals surface area contributed by atoms with Crippen molar-refractivity contribution < 1.29 is 17.3 Å². The number of aryl methyl sites for hydroxylation is 1. The molecule has 0 atom stereocenters. The summed E-state index contributed by atoms with van der Waals surface area (Å²) in [4.78, 5) is 1.97. The lowest BCUT2D eigenvalue weighted by atomic mass is 9.88. The first-order valence-electron chi connectivity index (χ1n) is 9.20. The van der Waals surface area contributed by atoms with Crippen LogP contribution in [-0.4, -0.2) is 39.9 Å². The molecular formula is C20H24ClN3O4S. The molecule has 0 unspecified atom stereocenters. The van der Waals surface area contributed by atoms with Crippen molar-refractivity contribution in [3.63, 3.8) is 0 Å². The molecule has 1 aliphatic heterocycles. The van der Waals surface area contributed by atoms with Crippen LogP contribution in [0.1, 0.15) is 29.9 Å². The van der Waals surface area contributed by atoms with Crippen LogP contribution in [0, 0.1) is 6.92 Å². The fourth-order valence-corrected chi connectivity index (χ4v) is 5.00. The summed E-state index contributed by atoms with van der Waals surface area (Å²) in [6, 6.07) is 9.86. The predicted molar refractivity (Wildman–Crippen MR) is 113 cm³/mol. The average Bonchev–Trinajstić information content (AvgIpc) is 2.68. The number of halogens is 1. The lowest BCUT2D eigenvalue weighted by Gasteiger charge is -2.31. The summed E-state index contributed by atoms with van der Waals surface area (Å²) in [6.45, 7) is 3.50. The van der Waals surface area contributed by atoms with E-state index in [1.165, 1.54) is 19.2 Å². The van der Waals surface area contributed by atoms with Crippen molar-refractivity contribution in [2.75, 3.05) is 20.2 Å². The molecular weight excluding hydrogens is 414 g/mol. The zero-order valence-electron chi connectivity index (χ0n) is 16.3. The van der Waals surface area contributed by atoms with Crippen LogP contribution < -0.4 is 14.8 Å². The zero-order chi connectivity index (χ0) is 21.0. The number of likely N-dealkylation sites (tertiary alicyclic amines) is 1. The number of nitrogens with two attached hydrogens (primary N) is 1. The molecule has 0 spiro atoms. The Balaban J connectivity index is 1.94. The number of benzene rings is 2. The maximum Gasteiger partial charge on any atom is 0.340 e. The van der Waals surface area contributed by atoms with Gasteiger partial charge in [-0.2, -0.15) is 13.5 Å². The van der Waals surface area contributed by atoms with E-state index in [1.54, 1.807) is 24.5 Å². The van der Waals surface area contributed by atoms with E-state index in [9.17, 15) is 8.42 Å². The molecule has 7 nitrogen and oxygen atoms in total. The molecule has 156 valence electrons. The topological polar surface area (TPSA) is 94.2 Å². The number of nitrogens with zero attached hydrogens (tertiary/aromatic N) is 2. The largest absolute Gasteiger partial charge is 0.492 e. The van der Waals surface area contributed by atoms with E-state index in [1.807, 2.05) is 13.0 Å². The maximum absolute atomic E-state index is 12.8. The van der Waals surface area contributed by atoms with Crippen molar-refractivity contribution in [1.82, 2.24) is 4.90 Å². The number of hydrazone groups is 1. The van der Waals surface area contributed by atoms with Gasteiger partial charge in [-0.3, -0.25) is 0 Å². The van der Waals surface area contributed by atoms with Gasteiger partial charge in [-0.05, 0) is 49.4 Å². The molecule has 2 N–H and O–H groups in total. The molecule has 3 rings (SSSR count). The molecule has 1 saturated heterocycles. The van der Waals surface area contributed by atoms with Crippen molar-refractivity contribution in [2.45, 2.75) is 30.6 Å². The standard InChI is InChI=1S/C20H24ClN3O4S/c1-14-11-16(15-7-9-24(10-8-15)13-23-22)20(27-2)18(12-14)28-29(25,26)19-6-4-3-5-17(19)21/h3-6,11-13,15H,7-10,22H2,1-2H3. The third kappa shape index (κ3) is 4.76. The molecule has 0 aromatic heterocycles. The molecule has 2 aromatic carbocycles. The summed E-state index contributed by atoms with van der Waals surface area (Å²) in [5.74, 6) is 6.03. The number of rotatable bonds is 6. The van der Waals surface area contributed by atoms with Gasteiger partial charge < -0.3 is 19.7 Å². The van der Waals surface area contributed by atoms with Gasteiger partial charge in [-0.25, -0.2) is 0 Å². The fourth-order valence-electron chi connectivity index (χ4n) is 3.58. The van der Waals surface area contributed by atoms with Crippen LogP contribution in [-0.2, 0) is 10.1 Å². The van der Waals surface area contributed by atoms with Gasteiger partial charge in [0.1, 0.15) is 11.2 Å². The van der Waals surface area contributed by atoms with E-state index in [0.29, 0.717) is 5.75 Å². The Kier molecular flexibility index (Phi) is 6.54. The lowest BCUT2D eigenvalue weighted by molar-refractivity contribution is 0.311. The minimum atomic E-state index is -4.11. The smallest absolute Gasteiger partial charge is 0.340 e. The van der Waals surface area contributed by atoms with Crippen LogP contribution in [0.3, 0.4) is 0 Å². The van der Waals surface area contributed by atoms with E-state index in [2.05, 4.69) is 10.0 Å². The van der Waals surface area contributed by atoms with Gasteiger partial charge in [0.15, 0.2) is 11.5 Å². The highest BCUT2D eigenvalue weighted by atomic mass is 35.5. The van der Waals surface area contributed by atoms with Crippen LogP contribution in [0.5, 0.6) is 11.5 Å². The van der Waals surface area contributed by atoms with Crippen molar-refractivity contribution in [2.24, 2.45) is 10.9 Å². The molecule has 9 heteroatoms. The van der Waals surface area contributed by atoms with Gasteiger partial charge in [-0.15, -0.1) is 0 Å². The molecule has 2 aromatic rings. The predicted octanol–water partition coefficient (Wildman–Crippen LogP) is 3.51. The summed E-state index contributed by atoms with van der Waals surface area (Å²) in [6.07, 6.45) is 3.36. The molecule has 0 amide bonds. The summed E-state index contributed by atoms with van der Waals surface area (Å²) in [5.41, 5.74) is 1.82. The van der Waals surface area contributed by atoms with Gasteiger partial charge in [0.05, 0.1) is 12.1 Å². The second-order valence-corrected chi connectivity index (χ2v) is 8.85. The molecule has 0 aliphatic carbocycles. The summed E-state index contributed by atoms with van der Waals surface area (Å²) >= 11 is 6.06. The number of ether oxygens (including phenoxy) is 1. The molecule has 29 heavy (non-hydrogen) atoms. The van der Waals surface area contributed by atoms with Gasteiger partial charge in [0.2, 0.25) is 0 Å². The number of hydrogen-bond acceptors (Lipinski definition) is 6. The molecule has 0 bridgehead atoms. The van der Waals surface area contributed by atoms with Gasteiger partial charge in [-0.1, -0.05) is 29.8 Å². The SMILES string of the molecule is COc1c(OS(=O)(=O)c2ccccc2Cl)cc(C)cc1C1CCN(C=NN)CC1. The maximum atomic E-state index is 12.8. The second kappa shape index (κ2) is 8.92. The van der Waals surface area contributed by atoms with Crippen LogP contribution in [0.15, 0.2) is 46.4 Å². The van der Waals surface area contributed by atoms with Gasteiger partial charge >= 0.3 is 10.1 Å². The van der Waals surface area contributed by atoms with E-state index in [0.717, 1.165) is 37.1 Å². The third-order valence-corrected chi connectivity index (χ3v) is 6.67. The minimum Gasteiger partial charge on any atom is -0.492 e. The summed E-state index contributed by atoms with van der Waals surface area (Å²) < 4.78 is 36.7. The average molecular weight is 438 g/mol. The molecule has 1 heterocycles. The Morgan fingerprint density at radius 2 is 1.93 bits per heavy atom. The Morgan fingerprint density at radius 1 is 1.24 bits per heavy atom. The zero-order valence-corrected chi connectivity index (χ0v) is 17.9. The Hall–Kier alpha value is -2.45. The Labute approximate surface area is 176 Å². The fraction of sp³-hybridized carbons (Fsp3) is 0.350. The van der Waals surface area contributed by atoms with Crippen LogP contribution in [0.2, 0.25) is 5.02 Å². The first-order valence-corrected chi connectivity index (χ1v) is 11.0. The molecule has 1 aliphatic rings. The van der Waals surface area contributed by atoms with E-state index < -0.39 is 10.1 Å². The highest BCUT2D eigenvalue weighted by molar-refractivity contribution is 7.87. The molecule has 0 radical (unpaired) electrons. The first-order chi connectivity index (χ1) is 13.9. The van der Waals surface area contributed by atoms with E-state index in [-0.39, 0.29) is 21.6 Å². The monoisotopic (exact) mass is 437 g/mol. The summed E-state index contributed by atoms with van der Waals surface area (Å²) in [7, 11) is -2.60. The van der Waals surface area contributed by atoms with Gasteiger partial charge in [0, 0.05) is 18.7 Å². The first kappa shape index (κ1) is 21.3. The summed E-state index contributed by atoms with van der Waals surface area (Å²) in [5, 5.41) is 3.68. The minimum absolute atomic E-state index is 0.0823. The Bertz CT molecular complexity index is 1000. The highest BCUT2D eigenvalue weighted by Gasteiger charge is 2.27. The van der Waals surface area contributed by atoms with Gasteiger partial charge in [0.25, 0.3) is 0 Å². The van der Waals surface area contributed by atoms with Crippen molar-refractivity contribution >= 4 is 28.1 Å². The molecule has 0 saturated carbocycles. The van der Waals surface area contributed by atoms with Crippen molar-refractivity contribution in [1.29, 1.82) is 0 Å². The number of methoxy groups -OCH3 is 1. The highest BCUT2D eigenvalue weighted by Crippen LogP contribution is 2.42. The number of hydrogen-bond donors (Lipinski definition) is 1. The van der Waals surface area contributed by atoms with Crippen LogP contribution in [0.25, 0.3) is 0 Å². The van der Waals surface area contributed by atoms with Crippen molar-refractivity contribution in [3.05, 3.63) is 52.5 Å². The van der Waals surface area contributed by atoms with Crippen molar-refractivity contribution in [3.8, 4) is 11.5 Å². The second-order valence-electron chi connectivity index (χ2n) is 6.93. The normalized spacial score (nSPS) is 15.6. The Morgan fingerprint density at radius 3 is 2.55 bits per heavy atom. The van der Waals surface area contributed by atoms with Crippen LogP contribution >= 0.6 is 11.6 Å². The lowest BCUT2D eigenvalue weighted by Crippen LogP contribution is -2.32. The number of piperidine rings is 1.